The number of nitro groups is 1. The maximum atomic E-state index is 10.9. The van der Waals surface area contributed by atoms with Crippen molar-refractivity contribution in [1.82, 2.24) is 0 Å². The zero-order chi connectivity index (χ0) is 15.2. The molecule has 0 aliphatic carbocycles. The lowest BCUT2D eigenvalue weighted by atomic mass is 10.2. The summed E-state index contributed by atoms with van der Waals surface area (Å²) in [7, 11) is 0. The Hall–Kier alpha value is -2.28. The fourth-order valence-electron chi connectivity index (χ4n) is 1.77. The summed E-state index contributed by atoms with van der Waals surface area (Å²) in [5, 5.41) is 13.9. The number of nitro benzene ring substituents is 1. The summed E-state index contributed by atoms with van der Waals surface area (Å²) in [6.45, 7) is 0.805. The first kappa shape index (κ1) is 15.1. The number of hydrogen-bond acceptors (Lipinski definition) is 5. The summed E-state index contributed by atoms with van der Waals surface area (Å²) >= 11 is 3.29. The van der Waals surface area contributed by atoms with Gasteiger partial charge in [-0.15, -0.1) is 0 Å². The maximum Gasteiger partial charge on any atom is 0.292 e. The Morgan fingerprint density at radius 1 is 1.29 bits per heavy atom. The Bertz CT molecular complexity index is 649. The SMILES string of the molecule is Nc1cccc(OCCNc2cc(Br)ccc2[N+](=O)[O-])c1. The largest absolute Gasteiger partial charge is 0.492 e. The van der Waals surface area contributed by atoms with Crippen molar-refractivity contribution in [2.75, 3.05) is 24.2 Å². The molecule has 0 amide bonds. The van der Waals surface area contributed by atoms with Crippen molar-refractivity contribution in [3.8, 4) is 5.75 Å². The van der Waals surface area contributed by atoms with Gasteiger partial charge in [0.15, 0.2) is 0 Å². The molecular formula is C14H14BrN3O3. The van der Waals surface area contributed by atoms with Gasteiger partial charge in [0.25, 0.3) is 5.69 Å². The van der Waals surface area contributed by atoms with Crippen LogP contribution in [0, 0.1) is 10.1 Å². The van der Waals surface area contributed by atoms with E-state index < -0.39 is 4.92 Å². The second-order valence-electron chi connectivity index (χ2n) is 4.27. The summed E-state index contributed by atoms with van der Waals surface area (Å²) in [5.74, 6) is 0.667. The van der Waals surface area contributed by atoms with Crippen LogP contribution in [0.5, 0.6) is 5.75 Å². The number of nitrogens with zero attached hydrogens (tertiary/aromatic N) is 1. The molecule has 2 rings (SSSR count). The third-order valence-corrected chi connectivity index (χ3v) is 3.19. The van der Waals surface area contributed by atoms with Gasteiger partial charge in [-0.3, -0.25) is 10.1 Å². The molecule has 0 aliphatic heterocycles. The number of halogens is 1. The Balaban J connectivity index is 1.91. The highest BCUT2D eigenvalue weighted by atomic mass is 79.9. The number of nitrogens with two attached hydrogens (primary N) is 1. The van der Waals surface area contributed by atoms with Crippen molar-refractivity contribution in [3.05, 3.63) is 57.1 Å². The lowest BCUT2D eigenvalue weighted by molar-refractivity contribution is -0.384. The first-order valence-electron chi connectivity index (χ1n) is 6.22. The minimum absolute atomic E-state index is 0.0298. The number of hydrogen-bond donors (Lipinski definition) is 2. The number of anilines is 2. The van der Waals surface area contributed by atoms with E-state index in [9.17, 15) is 10.1 Å². The van der Waals surface area contributed by atoms with E-state index >= 15 is 0 Å². The fourth-order valence-corrected chi connectivity index (χ4v) is 2.13. The van der Waals surface area contributed by atoms with E-state index in [2.05, 4.69) is 21.2 Å². The summed E-state index contributed by atoms with van der Waals surface area (Å²) in [6, 6.07) is 11.9. The van der Waals surface area contributed by atoms with Crippen LogP contribution in [0.2, 0.25) is 0 Å². The van der Waals surface area contributed by atoms with E-state index in [1.54, 1.807) is 36.4 Å². The highest BCUT2D eigenvalue weighted by molar-refractivity contribution is 9.10. The molecule has 0 aromatic heterocycles. The van der Waals surface area contributed by atoms with Crippen molar-refractivity contribution >= 4 is 33.0 Å². The third kappa shape index (κ3) is 4.35. The van der Waals surface area contributed by atoms with Gasteiger partial charge in [0, 0.05) is 28.8 Å². The van der Waals surface area contributed by atoms with E-state index in [0.717, 1.165) is 4.47 Å². The average Bonchev–Trinajstić information content (AvgIpc) is 2.43. The summed E-state index contributed by atoms with van der Waals surface area (Å²) in [6.07, 6.45) is 0. The molecule has 0 heterocycles. The lowest BCUT2D eigenvalue weighted by Gasteiger charge is -2.09. The smallest absolute Gasteiger partial charge is 0.292 e. The molecule has 0 radical (unpaired) electrons. The number of rotatable bonds is 6. The first-order chi connectivity index (χ1) is 10.1. The summed E-state index contributed by atoms with van der Waals surface area (Å²) in [4.78, 5) is 10.5. The van der Waals surface area contributed by atoms with Gasteiger partial charge in [-0.05, 0) is 24.3 Å². The van der Waals surface area contributed by atoms with Crippen LogP contribution in [0.25, 0.3) is 0 Å². The van der Waals surface area contributed by atoms with Crippen LogP contribution < -0.4 is 15.8 Å². The van der Waals surface area contributed by atoms with Crippen LogP contribution in [0.4, 0.5) is 17.1 Å². The predicted molar refractivity (Wildman–Crippen MR) is 85.6 cm³/mol. The topological polar surface area (TPSA) is 90.4 Å². The van der Waals surface area contributed by atoms with Gasteiger partial charge in [0.2, 0.25) is 0 Å². The zero-order valence-electron chi connectivity index (χ0n) is 11.1. The second-order valence-corrected chi connectivity index (χ2v) is 5.18. The summed E-state index contributed by atoms with van der Waals surface area (Å²) < 4.78 is 6.29. The molecule has 0 saturated carbocycles. The molecule has 110 valence electrons. The molecule has 2 aromatic carbocycles. The average molecular weight is 352 g/mol. The molecule has 6 nitrogen and oxygen atoms in total. The number of nitrogen functional groups attached to an aromatic ring is 1. The van der Waals surface area contributed by atoms with E-state index in [-0.39, 0.29) is 5.69 Å². The zero-order valence-corrected chi connectivity index (χ0v) is 12.7. The Labute approximate surface area is 130 Å². The Morgan fingerprint density at radius 3 is 2.81 bits per heavy atom. The van der Waals surface area contributed by atoms with Gasteiger partial charge in [-0.2, -0.15) is 0 Å². The molecule has 3 N–H and O–H groups in total. The molecule has 0 saturated heterocycles. The van der Waals surface area contributed by atoms with E-state index in [4.69, 9.17) is 10.5 Å². The first-order valence-corrected chi connectivity index (χ1v) is 7.02. The number of ether oxygens (including phenoxy) is 1. The van der Waals surface area contributed by atoms with Gasteiger partial charge < -0.3 is 15.8 Å². The standard InChI is InChI=1S/C14H14BrN3O3/c15-10-4-5-14(18(19)20)13(8-10)17-6-7-21-12-3-1-2-11(16)9-12/h1-5,8-9,17H,6-7,16H2. The van der Waals surface area contributed by atoms with Crippen LogP contribution >= 0.6 is 15.9 Å². The van der Waals surface area contributed by atoms with Gasteiger partial charge >= 0.3 is 0 Å². The van der Waals surface area contributed by atoms with Gasteiger partial charge in [-0.1, -0.05) is 22.0 Å². The molecule has 0 aliphatic rings. The van der Waals surface area contributed by atoms with Crippen molar-refractivity contribution in [2.45, 2.75) is 0 Å². The molecule has 0 bridgehead atoms. The summed E-state index contributed by atoms with van der Waals surface area (Å²) in [5.41, 5.74) is 6.76. The van der Waals surface area contributed by atoms with Crippen LogP contribution in [0.3, 0.4) is 0 Å². The lowest BCUT2D eigenvalue weighted by Crippen LogP contribution is -2.12. The van der Waals surface area contributed by atoms with Crippen LogP contribution in [0.1, 0.15) is 0 Å². The minimum Gasteiger partial charge on any atom is -0.492 e. The molecule has 21 heavy (non-hydrogen) atoms. The molecule has 0 atom stereocenters. The van der Waals surface area contributed by atoms with E-state index in [1.807, 2.05) is 0 Å². The second kappa shape index (κ2) is 6.94. The van der Waals surface area contributed by atoms with Crippen LogP contribution in [-0.2, 0) is 0 Å². The van der Waals surface area contributed by atoms with Crippen molar-refractivity contribution < 1.29 is 9.66 Å². The van der Waals surface area contributed by atoms with Gasteiger partial charge in [0.05, 0.1) is 4.92 Å². The fraction of sp³-hybridized carbons (Fsp3) is 0.143. The monoisotopic (exact) mass is 351 g/mol. The number of benzene rings is 2. The van der Waals surface area contributed by atoms with Gasteiger partial charge in [-0.25, -0.2) is 0 Å². The molecule has 2 aromatic rings. The minimum atomic E-state index is -0.423. The van der Waals surface area contributed by atoms with E-state index in [0.29, 0.717) is 30.3 Å². The normalized spacial score (nSPS) is 10.1. The van der Waals surface area contributed by atoms with Crippen molar-refractivity contribution in [1.29, 1.82) is 0 Å². The third-order valence-electron chi connectivity index (χ3n) is 2.70. The predicted octanol–water partition coefficient (Wildman–Crippen LogP) is 3.43. The Morgan fingerprint density at radius 2 is 2.10 bits per heavy atom. The van der Waals surface area contributed by atoms with Crippen molar-refractivity contribution in [3.63, 3.8) is 0 Å². The molecule has 0 fully saturated rings. The van der Waals surface area contributed by atoms with Crippen LogP contribution in [0.15, 0.2) is 46.9 Å². The van der Waals surface area contributed by atoms with Gasteiger partial charge in [0.1, 0.15) is 18.0 Å². The molecule has 7 heteroatoms. The number of nitrogens with one attached hydrogen (secondary N) is 1. The molecular weight excluding hydrogens is 338 g/mol. The Kier molecular flexibility index (Phi) is 4.99. The maximum absolute atomic E-state index is 10.9. The quantitative estimate of drug-likeness (QED) is 0.360. The van der Waals surface area contributed by atoms with Crippen molar-refractivity contribution in [2.24, 2.45) is 0 Å². The highest BCUT2D eigenvalue weighted by Gasteiger charge is 2.13. The van der Waals surface area contributed by atoms with E-state index in [1.165, 1.54) is 6.07 Å². The highest BCUT2D eigenvalue weighted by Crippen LogP contribution is 2.27. The molecule has 0 spiro atoms. The molecule has 0 unspecified atom stereocenters. The van der Waals surface area contributed by atoms with Crippen LogP contribution in [-0.4, -0.2) is 18.1 Å².